The zero-order valence-electron chi connectivity index (χ0n) is 17.3. The fourth-order valence-corrected chi connectivity index (χ4v) is 2.89. The van der Waals surface area contributed by atoms with E-state index in [9.17, 15) is 29.2 Å². The number of rotatable bonds is 9. The number of aliphatic hydroxyl groups is 6. The molecule has 0 amide bonds. The summed E-state index contributed by atoms with van der Waals surface area (Å²) in [5.74, 6) is -3.70. The first-order chi connectivity index (χ1) is 16.0. The van der Waals surface area contributed by atoms with Crippen LogP contribution in [0.25, 0.3) is 0 Å². The van der Waals surface area contributed by atoms with Gasteiger partial charge in [-0.25, -0.2) is 18.9 Å². The zero-order valence-corrected chi connectivity index (χ0v) is 18.2. The number of hydrogen-bond donors (Lipinski definition) is 11. The smallest absolute Gasteiger partial charge is 0.469 e. The molecule has 35 heavy (non-hydrogen) atoms. The van der Waals surface area contributed by atoms with Crippen LogP contribution in [0, 0.1) is 0 Å². The Morgan fingerprint density at radius 1 is 1.09 bits per heavy atom. The largest absolute Gasteiger partial charge is 0.479 e. The van der Waals surface area contributed by atoms with Gasteiger partial charge in [-0.05, 0) is 6.07 Å². The van der Waals surface area contributed by atoms with Crippen molar-refractivity contribution in [2.45, 2.75) is 49.0 Å². The van der Waals surface area contributed by atoms with E-state index in [2.05, 4.69) is 9.51 Å². The summed E-state index contributed by atoms with van der Waals surface area (Å²) in [6.07, 6.45) is -13.6. The van der Waals surface area contributed by atoms with Crippen LogP contribution in [-0.2, 0) is 23.4 Å². The second kappa shape index (κ2) is 12.4. The maximum absolute atomic E-state index is 11.6. The summed E-state index contributed by atoms with van der Waals surface area (Å²) in [5.41, 5.74) is 4.52. The molecule has 19 nitrogen and oxygen atoms in total. The van der Waals surface area contributed by atoms with Crippen LogP contribution in [0.2, 0.25) is 0 Å². The van der Waals surface area contributed by atoms with Gasteiger partial charge in [0.15, 0.2) is 18.4 Å². The van der Waals surface area contributed by atoms with Gasteiger partial charge in [-0.1, -0.05) is 0 Å². The third-order valence-electron chi connectivity index (χ3n) is 4.37. The number of aliphatic carboxylic acids is 2. The fourth-order valence-electron chi connectivity index (χ4n) is 2.55. The summed E-state index contributed by atoms with van der Waals surface area (Å²) in [6, 6.07) is 1.29. The molecule has 0 aromatic carbocycles. The Labute approximate surface area is 194 Å². The van der Waals surface area contributed by atoms with Gasteiger partial charge in [-0.2, -0.15) is 4.98 Å². The van der Waals surface area contributed by atoms with Crippen LogP contribution in [0.1, 0.15) is 6.23 Å². The summed E-state index contributed by atoms with van der Waals surface area (Å²) in [6.45, 7) is -0.657. The summed E-state index contributed by atoms with van der Waals surface area (Å²) in [4.78, 5) is 52.5. The van der Waals surface area contributed by atoms with Crippen molar-refractivity contribution in [3.05, 3.63) is 22.7 Å². The van der Waals surface area contributed by atoms with E-state index in [0.29, 0.717) is 0 Å². The van der Waals surface area contributed by atoms with E-state index < -0.39 is 81.0 Å². The summed E-state index contributed by atoms with van der Waals surface area (Å²) in [5, 5.41) is 71.1. The highest BCUT2D eigenvalue weighted by Gasteiger charge is 2.45. The molecule has 1 saturated heterocycles. The number of phosphoric acid groups is 1. The van der Waals surface area contributed by atoms with Gasteiger partial charge in [0.2, 0.25) is 0 Å². The molecule has 4 unspecified atom stereocenters. The van der Waals surface area contributed by atoms with Crippen LogP contribution in [0.5, 0.6) is 0 Å². The minimum absolute atomic E-state index is 0.0225. The fraction of sp³-hybridized carbons (Fsp3) is 0.600. The molecule has 0 aliphatic carbocycles. The molecular formula is C15H24N3O16P. The third-order valence-corrected chi connectivity index (χ3v) is 4.86. The van der Waals surface area contributed by atoms with Crippen LogP contribution >= 0.6 is 7.82 Å². The summed E-state index contributed by atoms with van der Waals surface area (Å²) < 4.78 is 20.9. The molecular weight excluding hydrogens is 509 g/mol. The topological polar surface area (TPSA) is 333 Å². The molecule has 12 N–H and O–H groups in total. The predicted octanol–water partition coefficient (Wildman–Crippen LogP) is -5.85. The average Bonchev–Trinajstić information content (AvgIpc) is 3.03. The highest BCUT2D eigenvalue weighted by atomic mass is 31.2. The quantitative estimate of drug-likeness (QED) is 0.132. The number of ether oxygens (including phenoxy) is 1. The molecule has 2 heterocycles. The second-order valence-electron chi connectivity index (χ2n) is 6.92. The number of nitrogens with zero attached hydrogens (tertiary/aromatic N) is 2. The number of anilines is 1. The maximum Gasteiger partial charge on any atom is 0.469 e. The first-order valence-electron chi connectivity index (χ1n) is 9.22. The molecule has 1 aliphatic rings. The molecule has 20 heteroatoms. The molecule has 8 atom stereocenters. The standard InChI is InChI=1S/C9H14N3O8P.C6H10O8/c10-5-1-2-12(9(15)11-5)8-7(14)6(13)4(20-8)3-19-21(16,17)18;7-1(3(9)5(11)12)2(8)4(10)6(13)14/h1-2,4,6-8,13-14H,3H2,(H2,10,11,15)(H2,16,17,18);1-4,7-10H,(H,11,12)(H,13,14)/t4-,6-,7-,8-;/m1./s1. The van der Waals surface area contributed by atoms with Gasteiger partial charge in [0.05, 0.1) is 6.61 Å². The van der Waals surface area contributed by atoms with Crippen molar-refractivity contribution < 1.29 is 74.1 Å². The highest BCUT2D eigenvalue weighted by Crippen LogP contribution is 2.38. The van der Waals surface area contributed by atoms with E-state index in [1.165, 1.54) is 12.3 Å². The first kappa shape index (κ1) is 30.5. The van der Waals surface area contributed by atoms with Gasteiger partial charge in [-0.3, -0.25) is 9.09 Å². The van der Waals surface area contributed by atoms with Crippen molar-refractivity contribution in [2.75, 3.05) is 12.3 Å². The van der Waals surface area contributed by atoms with E-state index in [4.69, 9.17) is 50.9 Å². The van der Waals surface area contributed by atoms with Crippen molar-refractivity contribution in [2.24, 2.45) is 0 Å². The monoisotopic (exact) mass is 533 g/mol. The Morgan fingerprint density at radius 3 is 1.97 bits per heavy atom. The molecule has 0 spiro atoms. The Kier molecular flexibility index (Phi) is 10.8. The van der Waals surface area contributed by atoms with E-state index in [1.54, 1.807) is 0 Å². The number of carbonyl (C=O) groups is 2. The number of nitrogen functional groups attached to an aromatic ring is 1. The van der Waals surface area contributed by atoms with Gasteiger partial charge in [0.25, 0.3) is 0 Å². The summed E-state index contributed by atoms with van der Waals surface area (Å²) >= 11 is 0. The number of nitrogens with two attached hydrogens (primary N) is 1. The summed E-state index contributed by atoms with van der Waals surface area (Å²) in [7, 11) is -4.74. The van der Waals surface area contributed by atoms with Crippen molar-refractivity contribution in [3.63, 3.8) is 0 Å². The van der Waals surface area contributed by atoms with Gasteiger partial charge in [-0.15, -0.1) is 0 Å². The van der Waals surface area contributed by atoms with Crippen LogP contribution < -0.4 is 11.4 Å². The normalized spacial score (nSPS) is 25.6. The lowest BCUT2D eigenvalue weighted by atomic mass is 10.0. The lowest BCUT2D eigenvalue weighted by Gasteiger charge is -2.21. The van der Waals surface area contributed by atoms with E-state index in [-0.39, 0.29) is 5.82 Å². The van der Waals surface area contributed by atoms with Crippen molar-refractivity contribution >= 4 is 25.6 Å². The molecule has 1 fully saturated rings. The molecule has 1 aromatic heterocycles. The lowest BCUT2D eigenvalue weighted by molar-refractivity contribution is -0.172. The Bertz CT molecular complexity index is 959. The number of aromatic nitrogens is 2. The zero-order chi connectivity index (χ0) is 27.2. The van der Waals surface area contributed by atoms with Crippen LogP contribution in [0.4, 0.5) is 5.82 Å². The molecule has 200 valence electrons. The number of aliphatic hydroxyl groups excluding tert-OH is 6. The maximum atomic E-state index is 11.6. The molecule has 1 aliphatic heterocycles. The van der Waals surface area contributed by atoms with Gasteiger partial charge in [0, 0.05) is 6.20 Å². The van der Waals surface area contributed by atoms with E-state index >= 15 is 0 Å². The number of hydrogen-bond acceptors (Lipinski definition) is 14. The number of carboxylic acid groups (broad SMARTS) is 2. The molecule has 1 aromatic rings. The minimum Gasteiger partial charge on any atom is -0.479 e. The van der Waals surface area contributed by atoms with Gasteiger partial charge in [0.1, 0.15) is 36.3 Å². The third kappa shape index (κ3) is 8.56. The Morgan fingerprint density at radius 2 is 1.57 bits per heavy atom. The first-order valence-corrected chi connectivity index (χ1v) is 10.7. The van der Waals surface area contributed by atoms with Crippen LogP contribution in [-0.4, -0.2) is 121 Å². The minimum atomic E-state index is -4.74. The highest BCUT2D eigenvalue weighted by molar-refractivity contribution is 7.46. The van der Waals surface area contributed by atoms with Crippen molar-refractivity contribution in [3.8, 4) is 0 Å². The molecule has 0 saturated carbocycles. The van der Waals surface area contributed by atoms with Crippen LogP contribution in [0.3, 0.4) is 0 Å². The molecule has 0 radical (unpaired) electrons. The van der Waals surface area contributed by atoms with Gasteiger partial charge < -0.3 is 61.1 Å². The van der Waals surface area contributed by atoms with Gasteiger partial charge >= 0.3 is 25.5 Å². The number of phosphoric ester groups is 1. The van der Waals surface area contributed by atoms with E-state index in [0.717, 1.165) is 4.57 Å². The lowest BCUT2D eigenvalue weighted by Crippen LogP contribution is -2.49. The van der Waals surface area contributed by atoms with E-state index in [1.807, 2.05) is 0 Å². The van der Waals surface area contributed by atoms with Crippen molar-refractivity contribution in [1.29, 1.82) is 0 Å². The second-order valence-corrected chi connectivity index (χ2v) is 8.16. The SMILES string of the molecule is Nc1ccn([C@@H]2O[C@H](COP(=O)(O)O)[C@@H](O)[C@H]2O)c(=O)n1.O=C(O)C(O)C(O)C(O)C(O)C(=O)O. The molecule has 0 bridgehead atoms. The number of carboxylic acids is 2. The Hall–Kier alpha value is -2.55. The van der Waals surface area contributed by atoms with Crippen LogP contribution in [0.15, 0.2) is 17.1 Å². The average molecular weight is 533 g/mol. The predicted molar refractivity (Wildman–Crippen MR) is 106 cm³/mol. The van der Waals surface area contributed by atoms with Crippen molar-refractivity contribution in [1.82, 2.24) is 9.55 Å². The molecule has 2 rings (SSSR count). The Balaban J connectivity index is 0.000000383.